The maximum atomic E-state index is 13.3. The molecule has 14 heteroatoms. The molecule has 1 amide bonds. The lowest BCUT2D eigenvalue weighted by Crippen LogP contribution is -2.39. The van der Waals surface area contributed by atoms with Crippen molar-refractivity contribution in [3.63, 3.8) is 0 Å². The molecule has 3 aromatic carbocycles. The Kier molecular flexibility index (Phi) is 8.36. The fraction of sp³-hybridized carbons (Fsp3) is 0.167. The second-order valence-corrected chi connectivity index (χ2v) is 9.72. The Morgan fingerprint density at radius 3 is 2.42 bits per heavy atom. The highest BCUT2D eigenvalue weighted by Crippen LogP contribution is 2.33. The Labute approximate surface area is 215 Å². The molecule has 1 N–H and O–H groups in total. The van der Waals surface area contributed by atoms with Gasteiger partial charge in [-0.25, -0.2) is 13.8 Å². The number of hydrazone groups is 1. The molecule has 0 atom stereocenters. The number of aryl methyl sites for hydroxylation is 1. The molecule has 3 aromatic rings. The van der Waals surface area contributed by atoms with Crippen molar-refractivity contribution in [2.24, 2.45) is 5.10 Å². The molecule has 0 spiro atoms. The quantitative estimate of drug-likeness (QED) is 0.240. The predicted octanol–water partition coefficient (Wildman–Crippen LogP) is 4.28. The molecule has 200 valence electrons. The fourth-order valence-corrected chi connectivity index (χ4v) is 4.68. The summed E-state index contributed by atoms with van der Waals surface area (Å²) in [5.41, 5.74) is 1.23. The highest BCUT2D eigenvalue weighted by Gasteiger charge is 2.33. The molecule has 3 rings (SSSR count). The van der Waals surface area contributed by atoms with Crippen LogP contribution in [0.15, 0.2) is 76.7 Å². The molecular formula is C24H21F3N4O6S. The summed E-state index contributed by atoms with van der Waals surface area (Å²) in [4.78, 5) is 22.9. The van der Waals surface area contributed by atoms with E-state index < -0.39 is 39.1 Å². The molecule has 0 heterocycles. The highest BCUT2D eigenvalue weighted by molar-refractivity contribution is 7.92. The zero-order valence-electron chi connectivity index (χ0n) is 20.0. The number of halogens is 3. The number of benzene rings is 3. The van der Waals surface area contributed by atoms with Gasteiger partial charge in [-0.2, -0.15) is 18.3 Å². The first kappa shape index (κ1) is 28.1. The van der Waals surface area contributed by atoms with Crippen molar-refractivity contribution < 1.29 is 36.0 Å². The third kappa shape index (κ3) is 6.64. The Balaban J connectivity index is 1.90. The van der Waals surface area contributed by atoms with Crippen LogP contribution >= 0.6 is 0 Å². The molecule has 0 aliphatic carbocycles. The Morgan fingerprint density at radius 1 is 1.13 bits per heavy atom. The van der Waals surface area contributed by atoms with Gasteiger partial charge in [-0.1, -0.05) is 23.8 Å². The molecule has 0 aliphatic rings. The van der Waals surface area contributed by atoms with E-state index in [9.17, 15) is 36.5 Å². The maximum absolute atomic E-state index is 13.3. The van der Waals surface area contributed by atoms with Gasteiger partial charge in [0.1, 0.15) is 6.54 Å². The van der Waals surface area contributed by atoms with Crippen LogP contribution in [0.2, 0.25) is 0 Å². The summed E-state index contributed by atoms with van der Waals surface area (Å²) < 4.78 is 72.0. The summed E-state index contributed by atoms with van der Waals surface area (Å²) in [7, 11) is -3.20. The highest BCUT2D eigenvalue weighted by atomic mass is 32.2. The van der Waals surface area contributed by atoms with Crippen molar-refractivity contribution in [3.05, 3.63) is 93.5 Å². The van der Waals surface area contributed by atoms with E-state index in [1.165, 1.54) is 43.5 Å². The van der Waals surface area contributed by atoms with Crippen LogP contribution in [0.3, 0.4) is 0 Å². The van der Waals surface area contributed by atoms with Crippen molar-refractivity contribution in [1.29, 1.82) is 0 Å². The van der Waals surface area contributed by atoms with Gasteiger partial charge in [0.25, 0.3) is 15.9 Å². The molecule has 0 aliphatic heterocycles. The largest absolute Gasteiger partial charge is 0.490 e. The lowest BCUT2D eigenvalue weighted by molar-refractivity contribution is -0.385. The van der Waals surface area contributed by atoms with Gasteiger partial charge in [-0.3, -0.25) is 19.2 Å². The van der Waals surface area contributed by atoms with E-state index in [0.29, 0.717) is 10.4 Å². The minimum atomic E-state index is -4.75. The number of anilines is 1. The van der Waals surface area contributed by atoms with Gasteiger partial charge in [0.2, 0.25) is 0 Å². The number of rotatable bonds is 9. The number of carbonyl (C=O) groups is 1. The molecule has 38 heavy (non-hydrogen) atoms. The zero-order valence-corrected chi connectivity index (χ0v) is 20.8. The average molecular weight is 551 g/mol. The van der Waals surface area contributed by atoms with Crippen LogP contribution in [0.4, 0.5) is 24.5 Å². The lowest BCUT2D eigenvalue weighted by atomic mass is 10.2. The molecule has 0 saturated carbocycles. The number of ether oxygens (including phenoxy) is 1. The van der Waals surface area contributed by atoms with Gasteiger partial charge in [0, 0.05) is 11.6 Å². The van der Waals surface area contributed by atoms with Crippen LogP contribution in [0, 0.1) is 17.0 Å². The van der Waals surface area contributed by atoms with E-state index in [4.69, 9.17) is 4.74 Å². The number of nitrogens with one attached hydrogen (secondary N) is 1. The van der Waals surface area contributed by atoms with Crippen molar-refractivity contribution in [1.82, 2.24) is 5.43 Å². The summed E-state index contributed by atoms with van der Waals surface area (Å²) in [5, 5.41) is 14.8. The third-order valence-electron chi connectivity index (χ3n) is 5.16. The van der Waals surface area contributed by atoms with Gasteiger partial charge in [0.05, 0.1) is 34.4 Å². The maximum Gasteiger partial charge on any atom is 0.416 e. The van der Waals surface area contributed by atoms with Crippen LogP contribution in [0.5, 0.6) is 5.75 Å². The van der Waals surface area contributed by atoms with Crippen molar-refractivity contribution in [2.75, 3.05) is 18.0 Å². The van der Waals surface area contributed by atoms with Gasteiger partial charge in [-0.15, -0.1) is 0 Å². The van der Waals surface area contributed by atoms with Crippen LogP contribution in [0.25, 0.3) is 0 Å². The fourth-order valence-electron chi connectivity index (χ4n) is 3.26. The minimum absolute atomic E-state index is 0.00854. The molecule has 0 unspecified atom stereocenters. The number of nitro benzene ring substituents is 1. The van der Waals surface area contributed by atoms with E-state index in [1.54, 1.807) is 6.92 Å². The Hall–Kier alpha value is -4.46. The number of amides is 1. The first-order valence-corrected chi connectivity index (χ1v) is 12.2. The third-order valence-corrected chi connectivity index (χ3v) is 6.95. The van der Waals surface area contributed by atoms with Crippen LogP contribution in [0.1, 0.15) is 16.7 Å². The molecule has 0 bridgehead atoms. The zero-order chi connectivity index (χ0) is 28.1. The lowest BCUT2D eigenvalue weighted by Gasteiger charge is -2.24. The second-order valence-electron chi connectivity index (χ2n) is 7.85. The van der Waals surface area contributed by atoms with Crippen LogP contribution < -0.4 is 14.5 Å². The van der Waals surface area contributed by atoms with Gasteiger partial charge in [-0.05, 0) is 49.4 Å². The predicted molar refractivity (Wildman–Crippen MR) is 133 cm³/mol. The monoisotopic (exact) mass is 550 g/mol. The van der Waals surface area contributed by atoms with Crippen molar-refractivity contribution in [3.8, 4) is 5.75 Å². The number of hydrogen-bond donors (Lipinski definition) is 1. The van der Waals surface area contributed by atoms with E-state index >= 15 is 0 Å². The van der Waals surface area contributed by atoms with E-state index in [-0.39, 0.29) is 27.6 Å². The van der Waals surface area contributed by atoms with Crippen molar-refractivity contribution in [2.45, 2.75) is 18.0 Å². The molecule has 0 saturated heterocycles. The number of hydrogen-bond acceptors (Lipinski definition) is 7. The summed E-state index contributed by atoms with van der Waals surface area (Å²) in [6.45, 7) is 0.821. The number of nitro groups is 1. The first-order valence-electron chi connectivity index (χ1n) is 10.7. The summed E-state index contributed by atoms with van der Waals surface area (Å²) >= 11 is 0. The SMILES string of the molecule is COc1ccc(/C=N\NC(=O)CN(c2cccc(C(F)(F)F)c2)S(=O)(=O)c2ccc(C)cc2)cc1[N+](=O)[O-]. The molecule has 0 aromatic heterocycles. The van der Waals surface area contributed by atoms with Gasteiger partial charge < -0.3 is 4.74 Å². The van der Waals surface area contributed by atoms with Crippen LogP contribution in [-0.2, 0) is 21.0 Å². The Bertz CT molecular complexity index is 1480. The Morgan fingerprint density at radius 2 is 1.82 bits per heavy atom. The van der Waals surface area contributed by atoms with E-state index in [0.717, 1.165) is 36.0 Å². The number of sulfonamides is 1. The van der Waals surface area contributed by atoms with Gasteiger partial charge >= 0.3 is 11.9 Å². The summed E-state index contributed by atoms with van der Waals surface area (Å²) in [6, 6.07) is 13.0. The van der Waals surface area contributed by atoms with Crippen LogP contribution in [-0.4, -0.2) is 39.1 Å². The molecule has 0 radical (unpaired) electrons. The normalized spacial score (nSPS) is 11.8. The topological polar surface area (TPSA) is 131 Å². The minimum Gasteiger partial charge on any atom is -0.490 e. The van der Waals surface area contributed by atoms with Crippen molar-refractivity contribution >= 4 is 33.5 Å². The molecule has 0 fully saturated rings. The smallest absolute Gasteiger partial charge is 0.416 e. The summed E-state index contributed by atoms with van der Waals surface area (Å²) in [6.07, 6.45) is -3.67. The van der Waals surface area contributed by atoms with E-state index in [1.807, 2.05) is 0 Å². The number of carbonyl (C=O) groups excluding carboxylic acids is 1. The molecule has 10 nitrogen and oxygen atoms in total. The first-order chi connectivity index (χ1) is 17.8. The van der Waals surface area contributed by atoms with Gasteiger partial charge in [0.15, 0.2) is 5.75 Å². The number of nitrogens with zero attached hydrogens (tertiary/aromatic N) is 3. The summed E-state index contributed by atoms with van der Waals surface area (Å²) in [5.74, 6) is -0.966. The van der Waals surface area contributed by atoms with E-state index in [2.05, 4.69) is 10.5 Å². The second kappa shape index (κ2) is 11.3. The molecular weight excluding hydrogens is 529 g/mol. The number of methoxy groups -OCH3 is 1. The average Bonchev–Trinajstić information content (AvgIpc) is 2.87. The number of alkyl halides is 3. The standard InChI is InChI=1S/C24H21F3N4O6S/c1-16-6-9-20(10-7-16)38(35,36)30(19-5-3-4-18(13-19)24(25,26)27)15-23(32)29-28-14-17-8-11-22(37-2)21(12-17)31(33)34/h3-14H,15H2,1-2H3,(H,29,32)/b28-14-.